The maximum absolute atomic E-state index is 14.0. The molecule has 0 atom stereocenters. The van der Waals surface area contributed by atoms with Crippen LogP contribution in [-0.4, -0.2) is 34.1 Å². The molecule has 0 radical (unpaired) electrons. The summed E-state index contributed by atoms with van der Waals surface area (Å²) in [6, 6.07) is 15.1. The predicted molar refractivity (Wildman–Crippen MR) is 154 cm³/mol. The Morgan fingerprint density at radius 3 is 2.02 bits per heavy atom. The van der Waals surface area contributed by atoms with E-state index in [1.165, 1.54) is 0 Å². The van der Waals surface area contributed by atoms with Crippen LogP contribution in [-0.2, 0) is 21.0 Å². The van der Waals surface area contributed by atoms with Crippen molar-refractivity contribution >= 4 is 29.1 Å². The highest BCUT2D eigenvalue weighted by Crippen LogP contribution is 2.55. The first-order valence-electron chi connectivity index (χ1n) is 13.8. The molecule has 1 N–H and O–H groups in total. The summed E-state index contributed by atoms with van der Waals surface area (Å²) in [5.41, 5.74) is 3.94. The maximum atomic E-state index is 14.0. The van der Waals surface area contributed by atoms with Crippen molar-refractivity contribution in [2.24, 2.45) is 10.8 Å². The van der Waals surface area contributed by atoms with Crippen LogP contribution in [0.5, 0.6) is 5.75 Å². The predicted octanol–water partition coefficient (Wildman–Crippen LogP) is 7.08. The second-order valence-corrected chi connectivity index (χ2v) is 13.2. The molecule has 210 valence electrons. The fourth-order valence-corrected chi connectivity index (χ4v) is 6.65. The summed E-state index contributed by atoms with van der Waals surface area (Å²) in [5.74, 6) is -0.878. The third-order valence-corrected chi connectivity index (χ3v) is 8.51. The number of aliphatic carboxylic acids is 1. The highest BCUT2D eigenvalue weighted by atomic mass is 35.5. The molecular weight excluding hydrogens is 526 g/mol. The lowest BCUT2D eigenvalue weighted by Crippen LogP contribution is -2.45. The van der Waals surface area contributed by atoms with E-state index in [1.54, 1.807) is 0 Å². The minimum Gasteiger partial charge on any atom is -0.489 e. The monoisotopic (exact) mass is 561 g/mol. The van der Waals surface area contributed by atoms with E-state index in [1.807, 2.05) is 53.4 Å². The van der Waals surface area contributed by atoms with Gasteiger partial charge in [0.25, 0.3) is 0 Å². The Labute approximate surface area is 240 Å². The molecule has 2 aromatic carbocycles. The van der Waals surface area contributed by atoms with Gasteiger partial charge in [0.15, 0.2) is 11.6 Å². The molecule has 0 amide bonds. The van der Waals surface area contributed by atoms with E-state index in [0.717, 1.165) is 22.5 Å². The van der Waals surface area contributed by atoms with Gasteiger partial charge in [-0.15, -0.1) is 0 Å². The molecule has 1 heterocycles. The van der Waals surface area contributed by atoms with E-state index >= 15 is 0 Å². The summed E-state index contributed by atoms with van der Waals surface area (Å²) in [6.07, 6.45) is 1.88. The van der Waals surface area contributed by atoms with Crippen LogP contribution in [0.4, 0.5) is 0 Å². The average molecular weight is 562 g/mol. The number of benzene rings is 2. The number of carboxylic acids is 1. The van der Waals surface area contributed by atoms with Gasteiger partial charge in [-0.1, -0.05) is 75.7 Å². The number of para-hydroxylation sites is 1. The number of hydrogen-bond acceptors (Lipinski definition) is 5. The van der Waals surface area contributed by atoms with Crippen LogP contribution >= 0.6 is 11.6 Å². The van der Waals surface area contributed by atoms with Gasteiger partial charge in [-0.3, -0.25) is 14.4 Å². The third-order valence-electron chi connectivity index (χ3n) is 8.14. The Kier molecular flexibility index (Phi) is 7.43. The van der Waals surface area contributed by atoms with Gasteiger partial charge < -0.3 is 14.7 Å². The molecule has 0 bridgehead atoms. The number of hydrogen-bond donors (Lipinski definition) is 1. The highest BCUT2D eigenvalue weighted by Gasteiger charge is 2.49. The molecule has 0 saturated carbocycles. The number of rotatable bonds is 7. The zero-order valence-electron chi connectivity index (χ0n) is 23.6. The van der Waals surface area contributed by atoms with Crippen LogP contribution in [0.15, 0.2) is 71.1 Å². The van der Waals surface area contributed by atoms with Crippen LogP contribution in [0.2, 0.25) is 5.02 Å². The molecule has 5 rings (SSSR count). The second kappa shape index (κ2) is 10.5. The molecule has 40 heavy (non-hydrogen) atoms. The number of ether oxygens (including phenoxy) is 1. The molecule has 3 aliphatic rings. The number of Topliss-reactive ketones (excluding diaryl/α,β-unsaturated/α-hetero) is 2. The summed E-state index contributed by atoms with van der Waals surface area (Å²) in [6.45, 7) is 8.74. The minimum atomic E-state index is -0.910. The Hall–Kier alpha value is -3.38. The smallest absolute Gasteiger partial charge is 0.305 e. The average Bonchev–Trinajstić information content (AvgIpc) is 2.85. The Bertz CT molecular complexity index is 1400. The van der Waals surface area contributed by atoms with Gasteiger partial charge in [0.2, 0.25) is 0 Å². The van der Waals surface area contributed by atoms with Crippen LogP contribution in [0.3, 0.4) is 0 Å². The highest BCUT2D eigenvalue weighted by molar-refractivity contribution is 6.31. The number of carbonyl (C=O) groups excluding carboxylic acids is 2. The Balaban J connectivity index is 1.68. The first-order chi connectivity index (χ1) is 18.9. The first-order valence-corrected chi connectivity index (χ1v) is 14.2. The van der Waals surface area contributed by atoms with Crippen molar-refractivity contribution in [1.82, 2.24) is 4.90 Å². The number of allylic oxidation sites excluding steroid dienone is 4. The van der Waals surface area contributed by atoms with Crippen LogP contribution in [0, 0.1) is 10.8 Å². The van der Waals surface area contributed by atoms with Gasteiger partial charge in [-0.25, -0.2) is 0 Å². The molecule has 0 fully saturated rings. The van der Waals surface area contributed by atoms with Gasteiger partial charge in [0.05, 0.1) is 6.42 Å². The molecular formula is C33H36ClNO5. The topological polar surface area (TPSA) is 83.9 Å². The summed E-state index contributed by atoms with van der Waals surface area (Å²) in [7, 11) is 0. The van der Waals surface area contributed by atoms with E-state index in [4.69, 9.17) is 16.3 Å². The number of halogens is 1. The van der Waals surface area contributed by atoms with Crippen LogP contribution in [0.1, 0.15) is 76.8 Å². The lowest BCUT2D eigenvalue weighted by atomic mass is 9.63. The van der Waals surface area contributed by atoms with Crippen molar-refractivity contribution in [1.29, 1.82) is 0 Å². The van der Waals surface area contributed by atoms with E-state index in [9.17, 15) is 19.5 Å². The summed E-state index contributed by atoms with van der Waals surface area (Å²) in [5, 5.41) is 10.2. The van der Waals surface area contributed by atoms with Crippen LogP contribution in [0.25, 0.3) is 0 Å². The summed E-state index contributed by atoms with van der Waals surface area (Å²) in [4.78, 5) is 41.6. The quantitative estimate of drug-likeness (QED) is 0.389. The Morgan fingerprint density at radius 2 is 1.45 bits per heavy atom. The third kappa shape index (κ3) is 5.46. The molecule has 0 saturated heterocycles. The van der Waals surface area contributed by atoms with Crippen molar-refractivity contribution in [2.45, 2.75) is 72.3 Å². The summed E-state index contributed by atoms with van der Waals surface area (Å²) < 4.78 is 6.33. The van der Waals surface area contributed by atoms with E-state index < -0.39 is 11.9 Å². The molecule has 7 heteroatoms. The molecule has 6 nitrogen and oxygen atoms in total. The second-order valence-electron chi connectivity index (χ2n) is 12.7. The van der Waals surface area contributed by atoms with Crippen molar-refractivity contribution in [2.75, 3.05) is 6.54 Å². The zero-order chi connectivity index (χ0) is 28.8. The molecule has 2 aliphatic carbocycles. The first kappa shape index (κ1) is 28.2. The largest absolute Gasteiger partial charge is 0.489 e. The Morgan fingerprint density at radius 1 is 0.900 bits per heavy atom. The van der Waals surface area contributed by atoms with Crippen molar-refractivity contribution in [3.63, 3.8) is 0 Å². The number of nitrogens with zero attached hydrogens (tertiary/aromatic N) is 1. The minimum absolute atomic E-state index is 0.00154. The maximum Gasteiger partial charge on any atom is 0.305 e. The van der Waals surface area contributed by atoms with E-state index in [-0.39, 0.29) is 42.0 Å². The van der Waals surface area contributed by atoms with Gasteiger partial charge >= 0.3 is 5.97 Å². The standard InChI is InChI=1S/C33H36ClNO5/c1-32(2)15-23-30(25(36)17-32)29(21-10-6-8-12-27(21)40-19-20-9-5-7-11-22(20)34)31-24(35(23)14-13-28(38)39)16-33(3,4)18-26(31)37/h5-12,29H,13-19H2,1-4H3,(H,38,39). The summed E-state index contributed by atoms with van der Waals surface area (Å²) >= 11 is 6.39. The number of carbonyl (C=O) groups is 3. The van der Waals surface area contributed by atoms with E-state index in [0.29, 0.717) is 47.6 Å². The number of carboxylic acid groups (broad SMARTS) is 1. The fraction of sp³-hybridized carbons (Fsp3) is 0.424. The van der Waals surface area contributed by atoms with Gasteiger partial charge in [-0.05, 0) is 35.8 Å². The van der Waals surface area contributed by atoms with Gasteiger partial charge in [0.1, 0.15) is 12.4 Å². The normalized spacial score (nSPS) is 20.4. The zero-order valence-corrected chi connectivity index (χ0v) is 24.3. The molecule has 0 spiro atoms. The SMILES string of the molecule is CC1(C)CC(=O)C2=C(C1)N(CCC(=O)O)C1=C(C(=O)CC(C)(C)C1)C2c1ccccc1OCc1ccccc1Cl. The fourth-order valence-electron chi connectivity index (χ4n) is 6.46. The molecule has 2 aromatic rings. The van der Waals surface area contributed by atoms with Crippen molar-refractivity contribution in [3.8, 4) is 5.75 Å². The number of ketones is 2. The van der Waals surface area contributed by atoms with Crippen molar-refractivity contribution in [3.05, 3.63) is 87.2 Å². The van der Waals surface area contributed by atoms with Gasteiger partial charge in [0, 0.05) is 64.0 Å². The van der Waals surface area contributed by atoms with E-state index in [2.05, 4.69) is 27.7 Å². The molecule has 1 aliphatic heterocycles. The van der Waals surface area contributed by atoms with Crippen LogP contribution < -0.4 is 4.74 Å². The molecule has 0 unspecified atom stereocenters. The lowest BCUT2D eigenvalue weighted by Gasteiger charge is -2.49. The molecule has 0 aromatic heterocycles. The van der Waals surface area contributed by atoms with Crippen molar-refractivity contribution < 1.29 is 24.2 Å². The lowest BCUT2D eigenvalue weighted by molar-refractivity contribution is -0.137. The van der Waals surface area contributed by atoms with Gasteiger partial charge in [-0.2, -0.15) is 0 Å².